The molecule has 2 unspecified atom stereocenters. The van der Waals surface area contributed by atoms with E-state index in [9.17, 15) is 21.6 Å². The van der Waals surface area contributed by atoms with Crippen molar-refractivity contribution in [2.24, 2.45) is 0 Å². The zero-order chi connectivity index (χ0) is 17.8. The number of H-pyrrole nitrogens is 1. The number of nitrogens with zero attached hydrogens (tertiary/aromatic N) is 2. The molecule has 134 valence electrons. The van der Waals surface area contributed by atoms with Crippen LogP contribution >= 0.6 is 0 Å². The molecule has 9 heteroatoms. The summed E-state index contributed by atoms with van der Waals surface area (Å²) in [6.07, 6.45) is 0.0365. The topological polar surface area (TPSA) is 66.1 Å². The lowest BCUT2D eigenvalue weighted by molar-refractivity contribution is -0.137. The Morgan fingerprint density at radius 1 is 1.16 bits per heavy atom. The fourth-order valence-electron chi connectivity index (χ4n) is 3.85. The summed E-state index contributed by atoms with van der Waals surface area (Å²) in [4.78, 5) is -0.107. The van der Waals surface area contributed by atoms with E-state index in [1.165, 1.54) is 4.31 Å². The maximum Gasteiger partial charge on any atom is 0.416 e. The molecule has 0 saturated carbocycles. The van der Waals surface area contributed by atoms with Crippen molar-refractivity contribution in [1.29, 1.82) is 0 Å². The molecule has 3 heterocycles. The standard InChI is InChI=1S/C16H16F3N3O2S/c17-16(18,19)10-4-6-12(7-5-10)25(23,24)22-11-2-1-3-15(22)13-9-20-21-14(13)8-11/h4-7,9,11,15H,1-3,8H2,(H,20,21). The molecule has 1 N–H and O–H groups in total. The Morgan fingerprint density at radius 3 is 2.56 bits per heavy atom. The molecule has 0 spiro atoms. The maximum atomic E-state index is 13.1. The highest BCUT2D eigenvalue weighted by molar-refractivity contribution is 7.89. The van der Waals surface area contributed by atoms with Crippen LogP contribution in [-0.2, 0) is 22.6 Å². The van der Waals surface area contributed by atoms with Crippen molar-refractivity contribution < 1.29 is 21.6 Å². The van der Waals surface area contributed by atoms with E-state index in [1.807, 2.05) is 0 Å². The fourth-order valence-corrected chi connectivity index (χ4v) is 5.70. The molecule has 2 aliphatic rings. The Labute approximate surface area is 142 Å². The van der Waals surface area contributed by atoms with E-state index < -0.39 is 21.8 Å². The van der Waals surface area contributed by atoms with E-state index in [1.54, 1.807) is 6.20 Å². The van der Waals surface area contributed by atoms with Crippen molar-refractivity contribution in [3.8, 4) is 0 Å². The molecule has 0 radical (unpaired) electrons. The minimum atomic E-state index is -4.49. The first-order chi connectivity index (χ1) is 11.8. The maximum absolute atomic E-state index is 13.1. The van der Waals surface area contributed by atoms with E-state index in [-0.39, 0.29) is 17.0 Å². The minimum Gasteiger partial charge on any atom is -0.282 e. The molecule has 5 nitrogen and oxygen atoms in total. The summed E-state index contributed by atoms with van der Waals surface area (Å²) in [5, 5.41) is 6.95. The molecule has 4 rings (SSSR count). The highest BCUT2D eigenvalue weighted by Crippen LogP contribution is 2.44. The molecule has 25 heavy (non-hydrogen) atoms. The van der Waals surface area contributed by atoms with Gasteiger partial charge in [0.1, 0.15) is 0 Å². The lowest BCUT2D eigenvalue weighted by Crippen LogP contribution is -2.49. The van der Waals surface area contributed by atoms with E-state index in [4.69, 9.17) is 0 Å². The number of fused-ring (bicyclic) bond motifs is 4. The Kier molecular flexibility index (Phi) is 3.69. The molecule has 2 atom stereocenters. The van der Waals surface area contributed by atoms with Crippen LogP contribution in [0.2, 0.25) is 0 Å². The zero-order valence-corrected chi connectivity index (χ0v) is 13.9. The van der Waals surface area contributed by atoms with Gasteiger partial charge in [-0.05, 0) is 43.5 Å². The van der Waals surface area contributed by atoms with E-state index >= 15 is 0 Å². The summed E-state index contributed by atoms with van der Waals surface area (Å²) < 4.78 is 65.8. The number of rotatable bonds is 2. The van der Waals surface area contributed by atoms with Crippen molar-refractivity contribution >= 4 is 10.0 Å². The molecule has 1 aromatic carbocycles. The van der Waals surface area contributed by atoms with Gasteiger partial charge < -0.3 is 0 Å². The Bertz CT molecular complexity index is 890. The average molecular weight is 371 g/mol. The van der Waals surface area contributed by atoms with Crippen molar-refractivity contribution in [2.45, 2.75) is 48.8 Å². The van der Waals surface area contributed by atoms with Crippen molar-refractivity contribution in [2.75, 3.05) is 0 Å². The van der Waals surface area contributed by atoms with Crippen molar-refractivity contribution in [3.05, 3.63) is 47.3 Å². The summed E-state index contributed by atoms with van der Waals surface area (Å²) in [6.45, 7) is 0. The summed E-state index contributed by atoms with van der Waals surface area (Å²) >= 11 is 0. The van der Waals surface area contributed by atoms with Crippen LogP contribution in [0.1, 0.15) is 42.1 Å². The van der Waals surface area contributed by atoms with Crippen LogP contribution in [-0.4, -0.2) is 29.0 Å². The molecule has 2 bridgehead atoms. The van der Waals surface area contributed by atoms with Crippen LogP contribution in [0.25, 0.3) is 0 Å². The Hall–Kier alpha value is -1.87. The number of piperidine rings is 1. The van der Waals surface area contributed by atoms with Crippen LogP contribution in [0.4, 0.5) is 13.2 Å². The normalized spacial score (nSPS) is 24.1. The van der Waals surface area contributed by atoms with E-state index in [0.29, 0.717) is 12.8 Å². The molecule has 0 amide bonds. The van der Waals surface area contributed by atoms with E-state index in [0.717, 1.165) is 48.4 Å². The highest BCUT2D eigenvalue weighted by atomic mass is 32.2. The second kappa shape index (κ2) is 5.57. The lowest BCUT2D eigenvalue weighted by Gasteiger charge is -2.44. The third kappa shape index (κ3) is 2.65. The van der Waals surface area contributed by atoms with Gasteiger partial charge >= 0.3 is 6.18 Å². The quantitative estimate of drug-likeness (QED) is 0.881. The number of aromatic amines is 1. The lowest BCUT2D eigenvalue weighted by atomic mass is 9.86. The Morgan fingerprint density at radius 2 is 1.88 bits per heavy atom. The summed E-state index contributed by atoms with van der Waals surface area (Å²) in [6, 6.07) is 3.20. The summed E-state index contributed by atoms with van der Waals surface area (Å²) in [7, 11) is -3.88. The van der Waals surface area contributed by atoms with Gasteiger partial charge in [-0.2, -0.15) is 22.6 Å². The molecule has 1 saturated heterocycles. The van der Waals surface area contributed by atoms with Crippen LogP contribution < -0.4 is 0 Å². The number of halogens is 3. The summed E-state index contributed by atoms with van der Waals surface area (Å²) in [5.74, 6) is 0. The molecule has 2 aliphatic heterocycles. The predicted octanol–water partition coefficient (Wildman–Crippen LogP) is 3.27. The summed E-state index contributed by atoms with van der Waals surface area (Å²) in [5.41, 5.74) is 0.961. The van der Waals surface area contributed by atoms with Gasteiger partial charge in [-0.15, -0.1) is 0 Å². The van der Waals surface area contributed by atoms with Gasteiger partial charge in [-0.3, -0.25) is 5.10 Å². The molecule has 2 aromatic rings. The number of sulfonamides is 1. The monoisotopic (exact) mass is 371 g/mol. The second-order valence-electron chi connectivity index (χ2n) is 6.47. The number of hydrogen-bond donors (Lipinski definition) is 1. The van der Waals surface area contributed by atoms with Gasteiger partial charge in [-0.25, -0.2) is 8.42 Å². The number of alkyl halides is 3. The van der Waals surface area contributed by atoms with Gasteiger partial charge in [0.25, 0.3) is 0 Å². The number of hydrogen-bond acceptors (Lipinski definition) is 3. The predicted molar refractivity (Wildman–Crippen MR) is 83.1 cm³/mol. The SMILES string of the molecule is O=S(=O)(c1ccc(C(F)(F)F)cc1)N1C2CCCC1c1cn[nH]c1C2. The van der Waals surface area contributed by atoms with Crippen LogP contribution in [0.3, 0.4) is 0 Å². The van der Waals surface area contributed by atoms with Crippen LogP contribution in [0, 0.1) is 0 Å². The first-order valence-electron chi connectivity index (χ1n) is 8.01. The van der Waals surface area contributed by atoms with Gasteiger partial charge in [0.05, 0.1) is 22.7 Å². The number of nitrogens with one attached hydrogen (secondary N) is 1. The largest absolute Gasteiger partial charge is 0.416 e. The highest BCUT2D eigenvalue weighted by Gasteiger charge is 2.45. The van der Waals surface area contributed by atoms with Crippen molar-refractivity contribution in [1.82, 2.24) is 14.5 Å². The van der Waals surface area contributed by atoms with Gasteiger partial charge in [0.15, 0.2) is 0 Å². The van der Waals surface area contributed by atoms with Gasteiger partial charge in [-0.1, -0.05) is 0 Å². The number of benzene rings is 1. The van der Waals surface area contributed by atoms with Crippen molar-refractivity contribution in [3.63, 3.8) is 0 Å². The number of aromatic nitrogens is 2. The van der Waals surface area contributed by atoms with E-state index in [2.05, 4.69) is 10.2 Å². The van der Waals surface area contributed by atoms with Gasteiger partial charge in [0, 0.05) is 23.7 Å². The second-order valence-corrected chi connectivity index (χ2v) is 8.31. The average Bonchev–Trinajstić information content (AvgIpc) is 3.02. The first-order valence-corrected chi connectivity index (χ1v) is 9.45. The minimum absolute atomic E-state index is 0.107. The molecular formula is C16H16F3N3O2S. The van der Waals surface area contributed by atoms with Gasteiger partial charge in [0.2, 0.25) is 10.0 Å². The molecule has 0 aliphatic carbocycles. The fraction of sp³-hybridized carbons (Fsp3) is 0.438. The molecule has 1 fully saturated rings. The zero-order valence-electron chi connectivity index (χ0n) is 13.1. The molecule has 1 aromatic heterocycles. The first kappa shape index (κ1) is 16.6. The smallest absolute Gasteiger partial charge is 0.282 e. The third-order valence-electron chi connectivity index (χ3n) is 4.99. The van der Waals surface area contributed by atoms with Crippen LogP contribution in [0.5, 0.6) is 0 Å². The molecular weight excluding hydrogens is 355 g/mol. The van der Waals surface area contributed by atoms with Crippen LogP contribution in [0.15, 0.2) is 35.4 Å². The Balaban J connectivity index is 1.73. The third-order valence-corrected chi connectivity index (χ3v) is 6.96.